The van der Waals surface area contributed by atoms with Gasteiger partial charge in [0.15, 0.2) is 0 Å². The lowest BCUT2D eigenvalue weighted by atomic mass is 9.85. The number of amides is 7. The van der Waals surface area contributed by atoms with Crippen LogP contribution in [0.2, 0.25) is 0 Å². The van der Waals surface area contributed by atoms with Gasteiger partial charge < -0.3 is 52.6 Å². The minimum Gasteiger partial charge on any atom is -0.489 e. The molecule has 0 bridgehead atoms. The standard InChI is InChI=1S/C54H73N7O13/c1-8-9-19-38(46(67)48(55)68)57-50(70)40(28-32(2)3)60-53(73)47(54(5,6)7)61-52(72)42(30-36-18-14-13-15-33(36)4)59-49(69)39(24-26-44(63)64)58-51(71)41(56-43(62)25-27-45(65)66)29-34-20-22-37(23-21-34)74-31-35-16-11-10-12-17-35/h10-18,20-23,32,38-42,47H,8-9,19,24-31H2,1-7H3,(H2,55,68)(H,56,62)(H,57,70)(H,58,71)(H,59,69)(H,60,73)(H,61,72)(H,63,64)(H,65,66)/t38-,39-,40-,41-,42-,47+/m0/s1. The predicted molar refractivity (Wildman–Crippen MR) is 274 cm³/mol. The van der Waals surface area contributed by atoms with Crippen LogP contribution in [0.1, 0.15) is 115 Å². The van der Waals surface area contributed by atoms with E-state index in [1.54, 1.807) is 76.2 Å². The summed E-state index contributed by atoms with van der Waals surface area (Å²) >= 11 is 0. The number of Topliss-reactive ketones (excluding diaryl/α,β-unsaturated/α-hetero) is 1. The fourth-order valence-corrected chi connectivity index (χ4v) is 7.74. The number of benzene rings is 3. The number of ether oxygens (including phenoxy) is 1. The molecule has 3 rings (SSSR count). The Kier molecular flexibility index (Phi) is 24.4. The Morgan fingerprint density at radius 2 is 1.12 bits per heavy atom. The van der Waals surface area contributed by atoms with Gasteiger partial charge >= 0.3 is 11.9 Å². The molecule has 0 saturated carbocycles. The van der Waals surface area contributed by atoms with Crippen molar-refractivity contribution < 1.29 is 62.9 Å². The number of primary amides is 1. The number of carbonyl (C=O) groups excluding carboxylic acids is 8. The summed E-state index contributed by atoms with van der Waals surface area (Å²) in [5.74, 6) is -9.45. The number of unbranched alkanes of at least 4 members (excludes halogenated alkanes) is 1. The maximum atomic E-state index is 14.6. The van der Waals surface area contributed by atoms with Crippen molar-refractivity contribution >= 4 is 59.1 Å². The Bertz CT molecular complexity index is 2420. The molecule has 0 aliphatic heterocycles. The first kappa shape index (κ1) is 60.7. The van der Waals surface area contributed by atoms with Crippen LogP contribution in [0, 0.1) is 18.3 Å². The molecule has 0 aromatic heterocycles. The van der Waals surface area contributed by atoms with E-state index in [1.165, 1.54) is 0 Å². The lowest BCUT2D eigenvalue weighted by molar-refractivity contribution is -0.140. The molecule has 0 aliphatic carbocycles. The Morgan fingerprint density at radius 3 is 1.70 bits per heavy atom. The number of nitrogens with one attached hydrogen (secondary N) is 6. The van der Waals surface area contributed by atoms with Crippen LogP contribution in [0.15, 0.2) is 78.9 Å². The van der Waals surface area contributed by atoms with Crippen LogP contribution < -0.4 is 42.4 Å². The second-order valence-corrected chi connectivity index (χ2v) is 19.8. The zero-order valence-corrected chi connectivity index (χ0v) is 43.3. The summed E-state index contributed by atoms with van der Waals surface area (Å²) < 4.78 is 5.87. The van der Waals surface area contributed by atoms with E-state index in [4.69, 9.17) is 10.5 Å². The normalized spacial score (nSPS) is 13.6. The van der Waals surface area contributed by atoms with Crippen molar-refractivity contribution in [1.29, 1.82) is 0 Å². The van der Waals surface area contributed by atoms with Gasteiger partial charge in [-0.25, -0.2) is 0 Å². The smallest absolute Gasteiger partial charge is 0.303 e. The summed E-state index contributed by atoms with van der Waals surface area (Å²) in [6.45, 7) is 12.6. The van der Waals surface area contributed by atoms with Crippen molar-refractivity contribution in [3.8, 4) is 5.75 Å². The molecule has 20 heteroatoms. The van der Waals surface area contributed by atoms with Gasteiger partial charge in [0, 0.05) is 25.7 Å². The second-order valence-electron chi connectivity index (χ2n) is 19.8. The molecule has 74 heavy (non-hydrogen) atoms. The highest BCUT2D eigenvalue weighted by atomic mass is 16.5. The van der Waals surface area contributed by atoms with Crippen molar-refractivity contribution in [3.05, 3.63) is 101 Å². The molecule has 20 nitrogen and oxygen atoms in total. The molecule has 3 aromatic carbocycles. The van der Waals surface area contributed by atoms with Crippen LogP contribution in [-0.2, 0) is 67.4 Å². The zero-order chi connectivity index (χ0) is 55.1. The third-order valence-electron chi connectivity index (χ3n) is 11.9. The second kappa shape index (κ2) is 29.8. The van der Waals surface area contributed by atoms with E-state index in [1.807, 2.05) is 51.1 Å². The van der Waals surface area contributed by atoms with E-state index in [-0.39, 0.29) is 38.2 Å². The molecule has 3 aromatic rings. The predicted octanol–water partition coefficient (Wildman–Crippen LogP) is 3.33. The fourth-order valence-electron chi connectivity index (χ4n) is 7.74. The number of carboxylic acid groups (broad SMARTS) is 2. The maximum Gasteiger partial charge on any atom is 0.303 e. The molecule has 0 radical (unpaired) electrons. The molecular formula is C54H73N7O13. The average molecular weight is 1030 g/mol. The fraction of sp³-hybridized carbons (Fsp3) is 0.481. The molecule has 10 N–H and O–H groups in total. The first-order valence-corrected chi connectivity index (χ1v) is 24.8. The average Bonchev–Trinajstić information content (AvgIpc) is 3.34. The Balaban J connectivity index is 1.96. The van der Waals surface area contributed by atoms with Crippen LogP contribution in [0.3, 0.4) is 0 Å². The number of aryl methyl sites for hydroxylation is 1. The van der Waals surface area contributed by atoms with Crippen molar-refractivity contribution in [1.82, 2.24) is 31.9 Å². The van der Waals surface area contributed by atoms with Crippen LogP contribution in [0.5, 0.6) is 5.75 Å². The largest absolute Gasteiger partial charge is 0.489 e. The van der Waals surface area contributed by atoms with Gasteiger partial charge in [-0.1, -0.05) is 121 Å². The van der Waals surface area contributed by atoms with Crippen molar-refractivity contribution in [2.75, 3.05) is 0 Å². The lowest BCUT2D eigenvalue weighted by Gasteiger charge is -2.34. The van der Waals surface area contributed by atoms with E-state index in [0.717, 1.165) is 11.1 Å². The molecule has 0 unspecified atom stereocenters. The van der Waals surface area contributed by atoms with E-state index in [0.29, 0.717) is 29.7 Å². The summed E-state index contributed by atoms with van der Waals surface area (Å²) in [6.07, 6.45) is -0.976. The molecule has 0 saturated heterocycles. The van der Waals surface area contributed by atoms with Crippen LogP contribution in [-0.4, -0.2) is 106 Å². The molecule has 0 heterocycles. The van der Waals surface area contributed by atoms with Crippen LogP contribution in [0.25, 0.3) is 0 Å². The highest BCUT2D eigenvalue weighted by molar-refractivity contribution is 6.37. The molecule has 7 amide bonds. The van der Waals surface area contributed by atoms with E-state index >= 15 is 0 Å². The van der Waals surface area contributed by atoms with Gasteiger partial charge in [0.2, 0.25) is 41.2 Å². The first-order chi connectivity index (χ1) is 34.9. The molecule has 0 spiro atoms. The molecule has 6 atom stereocenters. The molecule has 402 valence electrons. The van der Waals surface area contributed by atoms with Crippen molar-refractivity contribution in [3.63, 3.8) is 0 Å². The maximum absolute atomic E-state index is 14.6. The summed E-state index contributed by atoms with van der Waals surface area (Å²) in [4.78, 5) is 132. The first-order valence-electron chi connectivity index (χ1n) is 24.8. The Hall–Kier alpha value is -7.64. The Labute approximate surface area is 432 Å². The highest BCUT2D eigenvalue weighted by Crippen LogP contribution is 2.22. The highest BCUT2D eigenvalue weighted by Gasteiger charge is 2.39. The third-order valence-corrected chi connectivity index (χ3v) is 11.9. The van der Waals surface area contributed by atoms with Gasteiger partial charge in [-0.2, -0.15) is 0 Å². The molecule has 0 aliphatic rings. The topological polar surface area (TPSA) is 319 Å². The number of hydrogen-bond donors (Lipinski definition) is 9. The lowest BCUT2D eigenvalue weighted by Crippen LogP contribution is -2.62. The van der Waals surface area contributed by atoms with Gasteiger partial charge in [0.05, 0.1) is 12.5 Å². The number of carbonyl (C=O) groups is 10. The number of aliphatic carboxylic acids is 2. The summed E-state index contributed by atoms with van der Waals surface area (Å²) in [5.41, 5.74) is 7.08. The van der Waals surface area contributed by atoms with E-state index < -0.39 is 126 Å². The zero-order valence-electron chi connectivity index (χ0n) is 43.3. The number of hydrogen-bond acceptors (Lipinski definition) is 11. The van der Waals surface area contributed by atoms with Crippen LogP contribution >= 0.6 is 0 Å². The van der Waals surface area contributed by atoms with Crippen LogP contribution in [0.4, 0.5) is 0 Å². The van der Waals surface area contributed by atoms with Gasteiger partial charge in [0.25, 0.3) is 5.91 Å². The number of ketones is 1. The monoisotopic (exact) mass is 1030 g/mol. The van der Waals surface area contributed by atoms with Gasteiger partial charge in [-0.05, 0) is 71.9 Å². The third kappa shape index (κ3) is 21.2. The van der Waals surface area contributed by atoms with Gasteiger partial charge in [0.1, 0.15) is 42.6 Å². The van der Waals surface area contributed by atoms with E-state index in [2.05, 4.69) is 31.9 Å². The minimum absolute atomic E-state index is 0.104. The SMILES string of the molecule is CCCC[C@H](NC(=O)[C@H](CC(C)C)NC(=O)[C@@H](NC(=O)[C@H](Cc1ccccc1C)NC(=O)[C@H](CCC(=O)O)NC(=O)[C@H](Cc1ccc(OCc2ccccc2)cc1)NC(=O)CCC(=O)O)C(C)(C)C)C(=O)C(N)=O. The summed E-state index contributed by atoms with van der Waals surface area (Å²) in [5, 5.41) is 34.7. The van der Waals surface area contributed by atoms with Gasteiger partial charge in [-0.15, -0.1) is 0 Å². The summed E-state index contributed by atoms with van der Waals surface area (Å²) in [7, 11) is 0. The minimum atomic E-state index is -1.60. The van der Waals surface area contributed by atoms with Crippen molar-refractivity contribution in [2.45, 2.75) is 156 Å². The summed E-state index contributed by atoms with van der Waals surface area (Å²) in [6, 6.07) is 14.9. The Morgan fingerprint density at radius 1 is 0.581 bits per heavy atom. The quantitative estimate of drug-likeness (QED) is 0.0418. The van der Waals surface area contributed by atoms with E-state index in [9.17, 15) is 58.2 Å². The van der Waals surface area contributed by atoms with Gasteiger partial charge in [-0.3, -0.25) is 47.9 Å². The number of rotatable bonds is 31. The molecule has 0 fully saturated rings. The van der Waals surface area contributed by atoms with Crippen molar-refractivity contribution in [2.24, 2.45) is 17.1 Å². The number of nitrogens with two attached hydrogens (primary N) is 1. The number of carboxylic acids is 2. The molecular weight excluding hydrogens is 955 g/mol.